The molecule has 1 aliphatic heterocycles. The molecule has 24 heavy (non-hydrogen) atoms. The summed E-state index contributed by atoms with van der Waals surface area (Å²) in [5, 5.41) is 12.9. The van der Waals surface area contributed by atoms with Crippen LogP contribution in [0.4, 0.5) is 10.1 Å². The second kappa shape index (κ2) is 6.67. The van der Waals surface area contributed by atoms with E-state index in [0.29, 0.717) is 10.9 Å². The highest BCUT2D eigenvalue weighted by Crippen LogP contribution is 2.33. The Balaban J connectivity index is 1.92. The van der Waals surface area contributed by atoms with Gasteiger partial charge in [-0.05, 0) is 54.6 Å². The van der Waals surface area contributed by atoms with Gasteiger partial charge >= 0.3 is 0 Å². The topological polar surface area (TPSA) is 61.7 Å². The van der Waals surface area contributed by atoms with Gasteiger partial charge in [-0.15, -0.1) is 0 Å². The van der Waals surface area contributed by atoms with E-state index in [1.807, 2.05) is 6.92 Å². The molecule has 0 spiro atoms. The number of benzene rings is 2. The van der Waals surface area contributed by atoms with Crippen LogP contribution in [0.5, 0.6) is 5.75 Å². The van der Waals surface area contributed by atoms with Crippen molar-refractivity contribution in [2.45, 2.75) is 6.92 Å². The summed E-state index contributed by atoms with van der Waals surface area (Å²) in [4.78, 5) is 16.6. The molecule has 4 nitrogen and oxygen atoms in total. The van der Waals surface area contributed by atoms with Gasteiger partial charge in [0.15, 0.2) is 5.17 Å². The van der Waals surface area contributed by atoms with Crippen molar-refractivity contribution in [1.29, 1.82) is 0 Å². The number of phenolic OH excluding ortho intramolecular Hbond substituents is 1. The number of halogens is 2. The Morgan fingerprint density at radius 2 is 2.12 bits per heavy atom. The molecule has 0 aromatic heterocycles. The Hall–Kier alpha value is -2.31. The number of rotatable bonds is 2. The summed E-state index contributed by atoms with van der Waals surface area (Å²) in [6.45, 7) is 1.87. The van der Waals surface area contributed by atoms with E-state index in [-0.39, 0.29) is 21.2 Å². The molecule has 2 aromatic rings. The number of carbonyl (C=O) groups excluding carboxylic acids is 1. The minimum Gasteiger partial charge on any atom is -0.506 e. The number of aromatic hydroxyl groups is 1. The van der Waals surface area contributed by atoms with Crippen LogP contribution in [0, 0.1) is 12.7 Å². The van der Waals surface area contributed by atoms with Gasteiger partial charge in [-0.1, -0.05) is 23.7 Å². The number of nitrogens with one attached hydrogen (secondary N) is 1. The van der Waals surface area contributed by atoms with Gasteiger partial charge in [0.2, 0.25) is 0 Å². The van der Waals surface area contributed by atoms with Crippen LogP contribution in [0.3, 0.4) is 0 Å². The maximum Gasteiger partial charge on any atom is 0.264 e. The molecule has 0 saturated carbocycles. The molecule has 7 heteroatoms. The highest BCUT2D eigenvalue weighted by molar-refractivity contribution is 8.18. The van der Waals surface area contributed by atoms with Crippen molar-refractivity contribution in [3.8, 4) is 5.75 Å². The van der Waals surface area contributed by atoms with E-state index in [9.17, 15) is 14.3 Å². The number of hydrogen-bond donors (Lipinski definition) is 2. The van der Waals surface area contributed by atoms with Crippen molar-refractivity contribution in [3.05, 3.63) is 63.3 Å². The first kappa shape index (κ1) is 16.5. The summed E-state index contributed by atoms with van der Waals surface area (Å²) in [6.07, 6.45) is 1.39. The normalized spacial score (nSPS) is 17.5. The molecule has 0 bridgehead atoms. The van der Waals surface area contributed by atoms with Crippen LogP contribution in [-0.2, 0) is 4.79 Å². The minimum absolute atomic E-state index is 0.0116. The number of hydrogen-bond acceptors (Lipinski definition) is 4. The van der Waals surface area contributed by atoms with Crippen molar-refractivity contribution in [1.82, 2.24) is 5.32 Å². The molecule has 0 atom stereocenters. The van der Waals surface area contributed by atoms with E-state index < -0.39 is 11.7 Å². The molecular formula is C17H12ClFN2O2S. The van der Waals surface area contributed by atoms with Gasteiger partial charge in [-0.3, -0.25) is 4.79 Å². The monoisotopic (exact) mass is 362 g/mol. The SMILES string of the molecule is Cc1ccc(O)c(N=C2NC(=O)/C(=C/c3c(F)cccc3Cl)S2)c1. The van der Waals surface area contributed by atoms with Gasteiger partial charge in [0.1, 0.15) is 17.3 Å². The lowest BCUT2D eigenvalue weighted by molar-refractivity contribution is -0.115. The standard InChI is InChI=1S/C17H12ClFN2O2S/c1-9-5-6-14(22)13(7-9)20-17-21-16(23)15(24-17)8-10-11(18)3-2-4-12(10)19/h2-8,22H,1H3,(H,20,21,23)/b15-8-. The van der Waals surface area contributed by atoms with Gasteiger partial charge in [0.25, 0.3) is 5.91 Å². The number of amides is 1. The quantitative estimate of drug-likeness (QED) is 0.779. The Morgan fingerprint density at radius 3 is 2.88 bits per heavy atom. The predicted octanol–water partition coefficient (Wildman–Crippen LogP) is 4.38. The summed E-state index contributed by atoms with van der Waals surface area (Å²) >= 11 is 7.03. The first-order valence-corrected chi connectivity index (χ1v) is 8.17. The van der Waals surface area contributed by atoms with Crippen molar-refractivity contribution in [3.63, 3.8) is 0 Å². The Kier molecular flexibility index (Phi) is 4.59. The Labute approximate surface area is 147 Å². The molecule has 0 aliphatic carbocycles. The van der Waals surface area contributed by atoms with Crippen molar-refractivity contribution < 1.29 is 14.3 Å². The van der Waals surface area contributed by atoms with Crippen LogP contribution in [0.1, 0.15) is 11.1 Å². The van der Waals surface area contributed by atoms with E-state index in [1.54, 1.807) is 18.2 Å². The van der Waals surface area contributed by atoms with Crippen LogP contribution in [0.2, 0.25) is 5.02 Å². The second-order valence-corrected chi connectivity index (χ2v) is 6.55. The fourth-order valence-corrected chi connectivity index (χ4v) is 3.13. The molecule has 1 saturated heterocycles. The van der Waals surface area contributed by atoms with E-state index in [0.717, 1.165) is 17.3 Å². The Morgan fingerprint density at radius 1 is 1.33 bits per heavy atom. The zero-order valence-corrected chi connectivity index (χ0v) is 14.1. The van der Waals surface area contributed by atoms with Gasteiger partial charge in [-0.2, -0.15) is 0 Å². The zero-order valence-electron chi connectivity index (χ0n) is 12.5. The molecular weight excluding hydrogens is 351 g/mol. The summed E-state index contributed by atoms with van der Waals surface area (Å²) < 4.78 is 13.8. The average Bonchev–Trinajstić information content (AvgIpc) is 2.86. The first-order valence-electron chi connectivity index (χ1n) is 6.97. The highest BCUT2D eigenvalue weighted by atomic mass is 35.5. The lowest BCUT2D eigenvalue weighted by Crippen LogP contribution is -2.19. The third-order valence-electron chi connectivity index (χ3n) is 3.28. The predicted molar refractivity (Wildman–Crippen MR) is 95.1 cm³/mol. The lowest BCUT2D eigenvalue weighted by Gasteiger charge is -2.01. The van der Waals surface area contributed by atoms with Crippen molar-refractivity contribution in [2.24, 2.45) is 4.99 Å². The van der Waals surface area contributed by atoms with Gasteiger partial charge in [0, 0.05) is 5.56 Å². The van der Waals surface area contributed by atoms with Gasteiger partial charge < -0.3 is 10.4 Å². The third kappa shape index (κ3) is 3.44. The number of aliphatic imine (C=N–C) groups is 1. The number of aryl methyl sites for hydroxylation is 1. The van der Waals surface area contributed by atoms with Gasteiger partial charge in [-0.25, -0.2) is 9.38 Å². The average molecular weight is 363 g/mol. The molecule has 3 rings (SSSR count). The maximum absolute atomic E-state index is 13.8. The fraction of sp³-hybridized carbons (Fsp3) is 0.0588. The largest absolute Gasteiger partial charge is 0.506 e. The Bertz CT molecular complexity index is 876. The number of thioether (sulfide) groups is 1. The summed E-state index contributed by atoms with van der Waals surface area (Å²) in [7, 11) is 0. The number of carbonyl (C=O) groups is 1. The molecule has 2 N–H and O–H groups in total. The molecule has 1 fully saturated rings. The number of amidine groups is 1. The molecule has 2 aromatic carbocycles. The highest BCUT2D eigenvalue weighted by Gasteiger charge is 2.25. The molecule has 1 aliphatic rings. The zero-order chi connectivity index (χ0) is 17.3. The summed E-state index contributed by atoms with van der Waals surface area (Å²) in [5.41, 5.74) is 1.43. The van der Waals surface area contributed by atoms with E-state index in [4.69, 9.17) is 11.6 Å². The van der Waals surface area contributed by atoms with Crippen LogP contribution in [0.25, 0.3) is 6.08 Å². The van der Waals surface area contributed by atoms with E-state index in [1.165, 1.54) is 24.3 Å². The van der Waals surface area contributed by atoms with Gasteiger partial charge in [0.05, 0.1) is 9.93 Å². The van der Waals surface area contributed by atoms with Crippen LogP contribution < -0.4 is 5.32 Å². The van der Waals surface area contributed by atoms with Crippen molar-refractivity contribution >= 4 is 46.2 Å². The fourth-order valence-electron chi connectivity index (χ4n) is 2.09. The third-order valence-corrected chi connectivity index (χ3v) is 4.52. The molecule has 1 amide bonds. The van der Waals surface area contributed by atoms with Crippen molar-refractivity contribution in [2.75, 3.05) is 0 Å². The smallest absolute Gasteiger partial charge is 0.264 e. The van der Waals surface area contributed by atoms with E-state index in [2.05, 4.69) is 10.3 Å². The van der Waals surface area contributed by atoms with Crippen LogP contribution in [0.15, 0.2) is 46.3 Å². The number of nitrogens with zero attached hydrogens (tertiary/aromatic N) is 1. The minimum atomic E-state index is -0.509. The molecule has 0 unspecified atom stereocenters. The summed E-state index contributed by atoms with van der Waals surface area (Å²) in [5.74, 6) is -0.896. The summed E-state index contributed by atoms with van der Waals surface area (Å²) in [6, 6.07) is 9.31. The van der Waals surface area contributed by atoms with E-state index >= 15 is 0 Å². The molecule has 1 heterocycles. The maximum atomic E-state index is 13.8. The lowest BCUT2D eigenvalue weighted by atomic mass is 10.2. The van der Waals surface area contributed by atoms with Crippen LogP contribution >= 0.6 is 23.4 Å². The molecule has 0 radical (unpaired) electrons. The molecule has 122 valence electrons. The first-order chi connectivity index (χ1) is 11.4. The second-order valence-electron chi connectivity index (χ2n) is 5.11. The number of phenols is 1. The van der Waals surface area contributed by atoms with Crippen LogP contribution in [-0.4, -0.2) is 16.2 Å².